The lowest BCUT2D eigenvalue weighted by atomic mass is 9.85. The third kappa shape index (κ3) is 2.77. The third-order valence-corrected chi connectivity index (χ3v) is 5.76. The molecule has 116 valence electrons. The Morgan fingerprint density at radius 1 is 1.40 bits per heavy atom. The Morgan fingerprint density at radius 3 is 2.60 bits per heavy atom. The first kappa shape index (κ1) is 15.5. The third-order valence-electron chi connectivity index (χ3n) is 4.14. The average Bonchev–Trinajstić information content (AvgIpc) is 2.79. The molecule has 0 aromatic carbocycles. The minimum atomic E-state index is -3.87. The van der Waals surface area contributed by atoms with Gasteiger partial charge in [0.1, 0.15) is 0 Å². The van der Waals surface area contributed by atoms with E-state index in [9.17, 15) is 13.2 Å². The number of rotatable bonds is 3. The van der Waals surface area contributed by atoms with E-state index in [0.717, 1.165) is 13.1 Å². The maximum Gasteiger partial charge on any atom is 0.422 e. The molecule has 2 unspecified atom stereocenters. The van der Waals surface area contributed by atoms with Crippen molar-refractivity contribution in [3.63, 3.8) is 0 Å². The standard InChI is InChI=1S/C12H23N3O4S/c1-8(2)19-11(16)14-20(17,18)15-7-9-5-13-6-10(9)12(15,3)4/h8-10,13H,5-7H2,1-4H3,(H,14,16). The number of carbonyl (C=O) groups excluding carboxylic acids is 1. The number of ether oxygens (including phenoxy) is 1. The van der Waals surface area contributed by atoms with Crippen molar-refractivity contribution in [3.05, 3.63) is 0 Å². The van der Waals surface area contributed by atoms with E-state index < -0.39 is 21.8 Å². The highest BCUT2D eigenvalue weighted by Crippen LogP contribution is 2.41. The summed E-state index contributed by atoms with van der Waals surface area (Å²) in [6, 6.07) is 0. The summed E-state index contributed by atoms with van der Waals surface area (Å²) in [4.78, 5) is 11.5. The smallest absolute Gasteiger partial charge is 0.422 e. The molecule has 2 atom stereocenters. The topological polar surface area (TPSA) is 87.7 Å². The van der Waals surface area contributed by atoms with Crippen molar-refractivity contribution in [1.29, 1.82) is 0 Å². The Kier molecular flexibility index (Phi) is 4.01. The monoisotopic (exact) mass is 305 g/mol. The normalized spacial score (nSPS) is 29.4. The highest BCUT2D eigenvalue weighted by molar-refractivity contribution is 7.87. The van der Waals surface area contributed by atoms with Gasteiger partial charge in [-0.1, -0.05) is 0 Å². The molecule has 2 fully saturated rings. The van der Waals surface area contributed by atoms with Crippen molar-refractivity contribution in [1.82, 2.24) is 14.3 Å². The SMILES string of the molecule is CC(C)OC(=O)NS(=O)(=O)N1CC2CNCC2C1(C)C. The van der Waals surface area contributed by atoms with Crippen LogP contribution in [0.5, 0.6) is 0 Å². The summed E-state index contributed by atoms with van der Waals surface area (Å²) in [6.45, 7) is 9.19. The van der Waals surface area contributed by atoms with E-state index >= 15 is 0 Å². The van der Waals surface area contributed by atoms with Crippen molar-refractivity contribution in [2.45, 2.75) is 39.3 Å². The number of amides is 1. The summed E-state index contributed by atoms with van der Waals surface area (Å²) in [5, 5.41) is 3.29. The lowest BCUT2D eigenvalue weighted by molar-refractivity contribution is 0.120. The summed E-state index contributed by atoms with van der Waals surface area (Å²) >= 11 is 0. The average molecular weight is 305 g/mol. The number of carbonyl (C=O) groups is 1. The summed E-state index contributed by atoms with van der Waals surface area (Å²) in [7, 11) is -3.87. The van der Waals surface area contributed by atoms with Crippen LogP contribution in [0.1, 0.15) is 27.7 Å². The van der Waals surface area contributed by atoms with Crippen molar-refractivity contribution in [2.75, 3.05) is 19.6 Å². The molecule has 0 radical (unpaired) electrons. The Balaban J connectivity index is 2.12. The molecule has 20 heavy (non-hydrogen) atoms. The Labute approximate surface area is 120 Å². The van der Waals surface area contributed by atoms with Crippen LogP contribution in [-0.2, 0) is 14.9 Å². The van der Waals surface area contributed by atoms with Crippen LogP contribution >= 0.6 is 0 Å². The number of hydrogen-bond donors (Lipinski definition) is 2. The number of nitrogens with zero attached hydrogens (tertiary/aromatic N) is 1. The summed E-state index contributed by atoms with van der Waals surface area (Å²) < 4.78 is 32.9. The first-order chi connectivity index (χ1) is 9.14. The number of fused-ring (bicyclic) bond motifs is 1. The molecule has 7 nitrogen and oxygen atoms in total. The predicted molar refractivity (Wildman–Crippen MR) is 74.3 cm³/mol. The van der Waals surface area contributed by atoms with Gasteiger partial charge in [0.2, 0.25) is 0 Å². The summed E-state index contributed by atoms with van der Waals surface area (Å²) in [5.41, 5.74) is -0.516. The molecule has 1 amide bonds. The molecule has 0 saturated carbocycles. The zero-order valence-corrected chi connectivity index (χ0v) is 13.2. The van der Waals surface area contributed by atoms with Gasteiger partial charge in [-0.25, -0.2) is 9.52 Å². The molecule has 0 bridgehead atoms. The van der Waals surface area contributed by atoms with Gasteiger partial charge < -0.3 is 10.1 Å². The van der Waals surface area contributed by atoms with Crippen LogP contribution < -0.4 is 10.0 Å². The van der Waals surface area contributed by atoms with Crippen LogP contribution in [-0.4, -0.2) is 50.1 Å². The molecule has 0 aromatic heterocycles. The highest BCUT2D eigenvalue weighted by Gasteiger charge is 2.54. The second-order valence-corrected chi connectivity index (χ2v) is 7.87. The molecule has 0 spiro atoms. The van der Waals surface area contributed by atoms with E-state index in [1.165, 1.54) is 4.31 Å². The van der Waals surface area contributed by atoms with E-state index in [0.29, 0.717) is 12.5 Å². The molecule has 2 saturated heterocycles. The quantitative estimate of drug-likeness (QED) is 0.783. The van der Waals surface area contributed by atoms with Crippen LogP contribution in [0.2, 0.25) is 0 Å². The number of nitrogens with one attached hydrogen (secondary N) is 2. The van der Waals surface area contributed by atoms with Gasteiger partial charge in [-0.2, -0.15) is 12.7 Å². The van der Waals surface area contributed by atoms with Gasteiger partial charge >= 0.3 is 16.3 Å². The van der Waals surface area contributed by atoms with E-state index in [1.807, 2.05) is 18.6 Å². The fourth-order valence-electron chi connectivity index (χ4n) is 3.19. The molecular weight excluding hydrogens is 282 g/mol. The van der Waals surface area contributed by atoms with Crippen LogP contribution in [0.3, 0.4) is 0 Å². The first-order valence-electron chi connectivity index (χ1n) is 6.86. The highest BCUT2D eigenvalue weighted by atomic mass is 32.2. The minimum absolute atomic E-state index is 0.264. The van der Waals surface area contributed by atoms with Crippen molar-refractivity contribution in [3.8, 4) is 0 Å². The first-order valence-corrected chi connectivity index (χ1v) is 8.30. The van der Waals surface area contributed by atoms with Gasteiger partial charge in [-0.05, 0) is 46.1 Å². The van der Waals surface area contributed by atoms with E-state index in [4.69, 9.17) is 4.74 Å². The Bertz CT molecular complexity index is 489. The van der Waals surface area contributed by atoms with Crippen molar-refractivity contribution in [2.24, 2.45) is 11.8 Å². The van der Waals surface area contributed by atoms with Crippen LogP contribution in [0.15, 0.2) is 0 Å². The van der Waals surface area contributed by atoms with Gasteiger partial charge in [-0.15, -0.1) is 0 Å². The largest absolute Gasteiger partial charge is 0.446 e. The summed E-state index contributed by atoms with van der Waals surface area (Å²) in [5.74, 6) is 0.558. The lowest BCUT2D eigenvalue weighted by Crippen LogP contribution is -2.53. The van der Waals surface area contributed by atoms with Gasteiger partial charge in [0.05, 0.1) is 6.10 Å². The Morgan fingerprint density at radius 2 is 2.05 bits per heavy atom. The molecule has 0 aromatic rings. The van der Waals surface area contributed by atoms with Gasteiger partial charge in [0.15, 0.2) is 0 Å². The molecule has 0 aliphatic carbocycles. The summed E-state index contributed by atoms with van der Waals surface area (Å²) in [6.07, 6.45) is -1.29. The van der Waals surface area contributed by atoms with E-state index in [-0.39, 0.29) is 12.0 Å². The molecule has 2 rings (SSSR count). The zero-order valence-electron chi connectivity index (χ0n) is 12.3. The molecular formula is C12H23N3O4S. The maximum absolute atomic E-state index is 12.4. The zero-order chi connectivity index (χ0) is 15.1. The number of hydrogen-bond acceptors (Lipinski definition) is 5. The second kappa shape index (κ2) is 5.16. The molecule has 2 aliphatic heterocycles. The van der Waals surface area contributed by atoms with Crippen molar-refractivity contribution < 1.29 is 17.9 Å². The second-order valence-electron chi connectivity index (χ2n) is 6.27. The van der Waals surface area contributed by atoms with Gasteiger partial charge in [-0.3, -0.25) is 0 Å². The van der Waals surface area contributed by atoms with Crippen LogP contribution in [0.4, 0.5) is 4.79 Å². The fraction of sp³-hybridized carbons (Fsp3) is 0.917. The molecule has 2 aliphatic rings. The van der Waals surface area contributed by atoms with Gasteiger partial charge in [0.25, 0.3) is 0 Å². The predicted octanol–water partition coefficient (Wildman–Crippen LogP) is 0.296. The minimum Gasteiger partial charge on any atom is -0.446 e. The van der Waals surface area contributed by atoms with Crippen LogP contribution in [0.25, 0.3) is 0 Å². The molecule has 2 N–H and O–H groups in total. The van der Waals surface area contributed by atoms with Crippen LogP contribution in [0, 0.1) is 11.8 Å². The maximum atomic E-state index is 12.4. The molecule has 2 heterocycles. The molecule has 8 heteroatoms. The fourth-order valence-corrected chi connectivity index (χ4v) is 4.70. The van der Waals surface area contributed by atoms with E-state index in [2.05, 4.69) is 5.32 Å². The Hall–Kier alpha value is -0.860. The van der Waals surface area contributed by atoms with Crippen molar-refractivity contribution >= 4 is 16.3 Å². The van der Waals surface area contributed by atoms with E-state index in [1.54, 1.807) is 13.8 Å². The lowest BCUT2D eigenvalue weighted by Gasteiger charge is -2.34. The van der Waals surface area contributed by atoms with Gasteiger partial charge in [0, 0.05) is 18.6 Å².